The van der Waals surface area contributed by atoms with Crippen LogP contribution in [0.2, 0.25) is 0 Å². The van der Waals surface area contributed by atoms with Crippen molar-refractivity contribution in [3.63, 3.8) is 0 Å². The van der Waals surface area contributed by atoms with Gasteiger partial charge < -0.3 is 10.0 Å². The third kappa shape index (κ3) is 2.10. The lowest BCUT2D eigenvalue weighted by molar-refractivity contribution is -0.185. The number of hydrogen-bond donors (Lipinski definition) is 1. The molecule has 2 rings (SSSR count). The Hall–Kier alpha value is -1.27. The first-order chi connectivity index (χ1) is 7.73. The number of halogens is 3. The zero-order valence-corrected chi connectivity index (χ0v) is 8.96. The molecule has 0 aromatic heterocycles. The molecule has 2 aliphatic rings. The zero-order valence-electron chi connectivity index (χ0n) is 8.96. The standard InChI is InChI=1S/C10H12F3NO3/c11-10(12,13)8(17)14-2-1-9(5-14)3-6(4-9)7(15)16/h6H,1-5H2,(H,15,16). The van der Waals surface area contributed by atoms with Crippen molar-refractivity contribution in [2.75, 3.05) is 13.1 Å². The lowest BCUT2D eigenvalue weighted by Gasteiger charge is -2.42. The zero-order chi connectivity index (χ0) is 12.8. The minimum atomic E-state index is -4.83. The van der Waals surface area contributed by atoms with Crippen LogP contribution in [0.3, 0.4) is 0 Å². The van der Waals surface area contributed by atoms with E-state index in [1.165, 1.54) is 0 Å². The van der Waals surface area contributed by atoms with Gasteiger partial charge in [-0.3, -0.25) is 9.59 Å². The number of aliphatic carboxylic acids is 1. The number of alkyl halides is 3. The van der Waals surface area contributed by atoms with Gasteiger partial charge >= 0.3 is 18.1 Å². The number of hydrogen-bond acceptors (Lipinski definition) is 2. The minimum absolute atomic E-state index is 0.0368. The highest BCUT2D eigenvalue weighted by molar-refractivity contribution is 5.82. The van der Waals surface area contributed by atoms with Crippen molar-refractivity contribution in [3.8, 4) is 0 Å². The number of carbonyl (C=O) groups excluding carboxylic acids is 1. The highest BCUT2D eigenvalue weighted by atomic mass is 19.4. The van der Waals surface area contributed by atoms with Crippen molar-refractivity contribution in [1.82, 2.24) is 4.90 Å². The lowest BCUT2D eigenvalue weighted by atomic mass is 9.61. The van der Waals surface area contributed by atoms with Gasteiger partial charge in [0, 0.05) is 13.1 Å². The molecule has 0 radical (unpaired) electrons. The van der Waals surface area contributed by atoms with Gasteiger partial charge in [0.1, 0.15) is 0 Å². The average Bonchev–Trinajstić information content (AvgIpc) is 2.56. The number of nitrogens with zero attached hydrogens (tertiary/aromatic N) is 1. The molecule has 0 aromatic carbocycles. The summed E-state index contributed by atoms with van der Waals surface area (Å²) in [5, 5.41) is 8.72. The van der Waals surface area contributed by atoms with E-state index in [0.29, 0.717) is 19.3 Å². The maximum atomic E-state index is 12.2. The predicted molar refractivity (Wildman–Crippen MR) is 50.0 cm³/mol. The van der Waals surface area contributed by atoms with Crippen LogP contribution in [0.25, 0.3) is 0 Å². The maximum Gasteiger partial charge on any atom is 0.471 e. The molecule has 0 atom stereocenters. The summed E-state index contributed by atoms with van der Waals surface area (Å²) >= 11 is 0. The van der Waals surface area contributed by atoms with Crippen molar-refractivity contribution >= 4 is 11.9 Å². The number of likely N-dealkylation sites (tertiary alicyclic amines) is 1. The SMILES string of the molecule is O=C(O)C1CC2(CCN(C(=O)C(F)(F)F)C2)C1. The Balaban J connectivity index is 1.94. The molecular weight excluding hydrogens is 239 g/mol. The van der Waals surface area contributed by atoms with Crippen LogP contribution >= 0.6 is 0 Å². The Morgan fingerprint density at radius 2 is 1.88 bits per heavy atom. The second-order valence-corrected chi connectivity index (χ2v) is 4.92. The molecule has 0 unspecified atom stereocenters. The van der Waals surface area contributed by atoms with E-state index in [9.17, 15) is 22.8 Å². The first-order valence-corrected chi connectivity index (χ1v) is 5.32. The summed E-state index contributed by atoms with van der Waals surface area (Å²) in [5.41, 5.74) is -0.385. The highest BCUT2D eigenvalue weighted by Crippen LogP contribution is 2.52. The average molecular weight is 251 g/mol. The molecule has 1 amide bonds. The summed E-state index contributed by atoms with van der Waals surface area (Å²) in [7, 11) is 0. The summed E-state index contributed by atoms with van der Waals surface area (Å²) in [5.74, 6) is -3.18. The van der Waals surface area contributed by atoms with Gasteiger partial charge in [-0.05, 0) is 24.7 Å². The quantitative estimate of drug-likeness (QED) is 0.763. The van der Waals surface area contributed by atoms with Gasteiger partial charge in [-0.15, -0.1) is 0 Å². The molecular formula is C10H12F3NO3. The van der Waals surface area contributed by atoms with Crippen LogP contribution < -0.4 is 0 Å². The number of rotatable bonds is 1. The molecule has 1 N–H and O–H groups in total. The van der Waals surface area contributed by atoms with E-state index in [2.05, 4.69) is 0 Å². The van der Waals surface area contributed by atoms with Gasteiger partial charge in [-0.2, -0.15) is 13.2 Å². The van der Waals surface area contributed by atoms with Crippen LogP contribution in [0.5, 0.6) is 0 Å². The van der Waals surface area contributed by atoms with E-state index < -0.39 is 24.0 Å². The Morgan fingerprint density at radius 3 is 2.35 bits per heavy atom. The fourth-order valence-electron chi connectivity index (χ4n) is 2.78. The first kappa shape index (κ1) is 12.2. The summed E-state index contributed by atoms with van der Waals surface area (Å²) in [6.07, 6.45) is -3.60. The molecule has 0 bridgehead atoms. The maximum absolute atomic E-state index is 12.2. The van der Waals surface area contributed by atoms with Gasteiger partial charge in [-0.1, -0.05) is 0 Å². The third-order valence-electron chi connectivity index (χ3n) is 3.68. The molecule has 1 saturated carbocycles. The van der Waals surface area contributed by atoms with Gasteiger partial charge in [0.2, 0.25) is 0 Å². The summed E-state index contributed by atoms with van der Waals surface area (Å²) in [6, 6.07) is 0. The molecule has 1 saturated heterocycles. The van der Waals surface area contributed by atoms with Crippen LogP contribution in [0.15, 0.2) is 0 Å². The molecule has 17 heavy (non-hydrogen) atoms. The summed E-state index contributed by atoms with van der Waals surface area (Å²) < 4.78 is 36.6. The molecule has 1 aliphatic carbocycles. The number of carbonyl (C=O) groups is 2. The van der Waals surface area contributed by atoms with E-state index >= 15 is 0 Å². The molecule has 0 aromatic rings. The Bertz CT molecular complexity index is 360. The molecule has 4 nitrogen and oxygen atoms in total. The van der Waals surface area contributed by atoms with Crippen LogP contribution in [-0.4, -0.2) is 41.1 Å². The van der Waals surface area contributed by atoms with Gasteiger partial charge in [-0.25, -0.2) is 0 Å². The normalized spacial score (nSPS) is 32.6. The molecule has 2 fully saturated rings. The van der Waals surface area contributed by atoms with E-state index in [1.807, 2.05) is 0 Å². The first-order valence-electron chi connectivity index (χ1n) is 5.32. The monoisotopic (exact) mass is 251 g/mol. The van der Waals surface area contributed by atoms with Crippen molar-refractivity contribution in [2.24, 2.45) is 11.3 Å². The van der Waals surface area contributed by atoms with Crippen molar-refractivity contribution < 1.29 is 27.9 Å². The van der Waals surface area contributed by atoms with Crippen molar-refractivity contribution in [1.29, 1.82) is 0 Å². The summed E-state index contributed by atoms with van der Waals surface area (Å²) in [6.45, 7) is 0.111. The van der Waals surface area contributed by atoms with E-state index in [1.54, 1.807) is 0 Å². The largest absolute Gasteiger partial charge is 0.481 e. The lowest BCUT2D eigenvalue weighted by Crippen LogP contribution is -2.46. The Morgan fingerprint density at radius 1 is 1.29 bits per heavy atom. The molecule has 96 valence electrons. The van der Waals surface area contributed by atoms with Gasteiger partial charge in [0.25, 0.3) is 0 Å². The van der Waals surface area contributed by atoms with Gasteiger partial charge in [0.15, 0.2) is 0 Å². The Kier molecular flexibility index (Phi) is 2.59. The van der Waals surface area contributed by atoms with Crippen LogP contribution in [0, 0.1) is 11.3 Å². The van der Waals surface area contributed by atoms with E-state index in [0.717, 1.165) is 4.90 Å². The van der Waals surface area contributed by atoms with Crippen LogP contribution in [-0.2, 0) is 9.59 Å². The second-order valence-electron chi connectivity index (χ2n) is 4.92. The highest BCUT2D eigenvalue weighted by Gasteiger charge is 2.54. The fourth-order valence-corrected chi connectivity index (χ4v) is 2.78. The topological polar surface area (TPSA) is 57.6 Å². The fraction of sp³-hybridized carbons (Fsp3) is 0.800. The Labute approximate surface area is 95.4 Å². The smallest absolute Gasteiger partial charge is 0.471 e. The second kappa shape index (κ2) is 3.61. The number of carboxylic acids is 1. The third-order valence-corrected chi connectivity index (χ3v) is 3.68. The van der Waals surface area contributed by atoms with E-state index in [-0.39, 0.29) is 18.5 Å². The summed E-state index contributed by atoms with van der Waals surface area (Å²) in [4.78, 5) is 22.4. The minimum Gasteiger partial charge on any atom is -0.481 e. The van der Waals surface area contributed by atoms with Gasteiger partial charge in [0.05, 0.1) is 5.92 Å². The molecule has 1 heterocycles. The predicted octanol–water partition coefficient (Wildman–Crippen LogP) is 1.26. The number of amides is 1. The van der Waals surface area contributed by atoms with Crippen molar-refractivity contribution in [3.05, 3.63) is 0 Å². The molecule has 7 heteroatoms. The molecule has 1 spiro atoms. The van der Waals surface area contributed by atoms with E-state index in [4.69, 9.17) is 5.11 Å². The van der Waals surface area contributed by atoms with Crippen molar-refractivity contribution in [2.45, 2.75) is 25.4 Å². The molecule has 1 aliphatic heterocycles. The van der Waals surface area contributed by atoms with Crippen LogP contribution in [0.4, 0.5) is 13.2 Å². The number of carboxylic acid groups (broad SMARTS) is 1. The van der Waals surface area contributed by atoms with Crippen LogP contribution in [0.1, 0.15) is 19.3 Å².